The smallest absolute Gasteiger partial charge is 0.319 e. The van der Waals surface area contributed by atoms with Crippen molar-refractivity contribution in [3.8, 4) is 0 Å². The summed E-state index contributed by atoms with van der Waals surface area (Å²) in [5.41, 5.74) is 0. The van der Waals surface area contributed by atoms with Crippen LogP contribution in [-0.4, -0.2) is 29.4 Å². The van der Waals surface area contributed by atoms with Gasteiger partial charge in [0.1, 0.15) is 0 Å². The van der Waals surface area contributed by atoms with Crippen molar-refractivity contribution in [2.45, 2.75) is 91.9 Å². The summed E-state index contributed by atoms with van der Waals surface area (Å²) in [5.74, 6) is 0. The van der Waals surface area contributed by atoms with Gasteiger partial charge in [-0.2, -0.15) is 0 Å². The number of hydrogen-bond acceptors (Lipinski definition) is 2. The molecule has 0 unspecified atom stereocenters. The van der Waals surface area contributed by atoms with Gasteiger partial charge in [0, 0.05) is 19.5 Å². The van der Waals surface area contributed by atoms with E-state index in [9.17, 15) is 0 Å². The maximum atomic E-state index is 7.56. The SMILES string of the molecule is CCCCCCC.CCCCCCC.OP(O)(O)=S.OP(O)(O)=S.[Zn]. The van der Waals surface area contributed by atoms with E-state index in [2.05, 4.69) is 51.3 Å². The van der Waals surface area contributed by atoms with Crippen LogP contribution in [0.2, 0.25) is 0 Å². The van der Waals surface area contributed by atoms with E-state index in [1.54, 1.807) is 0 Å². The maximum Gasteiger partial charge on any atom is 0.319 e. The average Bonchev–Trinajstić information content (AvgIpc) is 2.37. The van der Waals surface area contributed by atoms with E-state index in [-0.39, 0.29) is 19.5 Å². The van der Waals surface area contributed by atoms with Gasteiger partial charge in [-0.25, -0.2) is 0 Å². The molecule has 6 nitrogen and oxygen atoms in total. The molecule has 0 radical (unpaired) electrons. The van der Waals surface area contributed by atoms with E-state index in [0.29, 0.717) is 0 Å². The molecule has 0 aromatic rings. The molecule has 0 bridgehead atoms. The van der Waals surface area contributed by atoms with Crippen LogP contribution in [0.25, 0.3) is 0 Å². The molecule has 0 saturated heterocycles. The van der Waals surface area contributed by atoms with Crippen LogP contribution in [0.4, 0.5) is 0 Å². The fourth-order valence-electron chi connectivity index (χ4n) is 1.35. The minimum Gasteiger partial charge on any atom is -0.325 e. The maximum absolute atomic E-state index is 7.56. The van der Waals surface area contributed by atoms with Crippen LogP contribution in [0.15, 0.2) is 0 Å². The van der Waals surface area contributed by atoms with Crippen molar-refractivity contribution in [2.24, 2.45) is 0 Å². The van der Waals surface area contributed by atoms with Gasteiger partial charge in [0.25, 0.3) is 0 Å². The van der Waals surface area contributed by atoms with Crippen molar-refractivity contribution < 1.29 is 48.8 Å². The van der Waals surface area contributed by atoms with Gasteiger partial charge in [0.15, 0.2) is 0 Å². The molecule has 0 aromatic carbocycles. The fraction of sp³-hybridized carbons (Fsp3) is 1.00. The van der Waals surface area contributed by atoms with Gasteiger partial charge < -0.3 is 29.4 Å². The second-order valence-electron chi connectivity index (χ2n) is 5.15. The van der Waals surface area contributed by atoms with Crippen molar-refractivity contribution in [3.63, 3.8) is 0 Å². The minimum absolute atomic E-state index is 0. The van der Waals surface area contributed by atoms with Gasteiger partial charge >= 0.3 is 13.4 Å². The molecule has 0 atom stereocenters. The summed E-state index contributed by atoms with van der Waals surface area (Å²) in [7, 11) is 0. The Morgan fingerprint density at radius 2 is 0.600 bits per heavy atom. The third kappa shape index (κ3) is 154. The first-order chi connectivity index (χ1) is 10.8. The summed E-state index contributed by atoms with van der Waals surface area (Å²) in [6, 6.07) is 0. The van der Waals surface area contributed by atoms with E-state index >= 15 is 0 Å². The van der Waals surface area contributed by atoms with Crippen LogP contribution < -0.4 is 0 Å². The zero-order chi connectivity index (χ0) is 20.1. The largest absolute Gasteiger partial charge is 0.325 e. The van der Waals surface area contributed by atoms with Crippen molar-refractivity contribution in [1.82, 2.24) is 0 Å². The average molecular weight is 494 g/mol. The Hall–Kier alpha value is 1.68. The van der Waals surface area contributed by atoms with Crippen molar-refractivity contribution in [1.29, 1.82) is 0 Å². The Morgan fingerprint density at radius 1 is 0.480 bits per heavy atom. The van der Waals surface area contributed by atoms with Gasteiger partial charge in [-0.05, 0) is 23.6 Å². The second kappa shape index (κ2) is 27.9. The molecule has 0 aliphatic rings. The summed E-state index contributed by atoms with van der Waals surface area (Å²) in [6.45, 7) is 1.37. The normalized spacial score (nSPS) is 10.0. The van der Waals surface area contributed by atoms with Crippen molar-refractivity contribution in [3.05, 3.63) is 0 Å². The Balaban J connectivity index is -0.0000000711. The van der Waals surface area contributed by atoms with Gasteiger partial charge in [0.05, 0.1) is 0 Å². The van der Waals surface area contributed by atoms with Crippen LogP contribution in [0.3, 0.4) is 0 Å². The number of rotatable bonds is 8. The summed E-state index contributed by atoms with van der Waals surface area (Å²) in [4.78, 5) is 45.3. The predicted octanol–water partition coefficient (Wildman–Crippen LogP) is 4.33. The Morgan fingerprint density at radius 3 is 0.680 bits per heavy atom. The molecule has 0 rings (SSSR count). The number of hydrogen-bond donors (Lipinski definition) is 6. The summed E-state index contributed by atoms with van der Waals surface area (Å²) in [5, 5.41) is 0. The molecule has 0 fully saturated rings. The Labute approximate surface area is 177 Å². The number of unbranched alkanes of at least 4 members (excludes halogenated alkanes) is 8. The molecule has 0 aromatic heterocycles. The third-order valence-corrected chi connectivity index (χ3v) is 2.41. The molecule has 11 heteroatoms. The second-order valence-corrected chi connectivity index (χ2v) is 10.1. The summed E-state index contributed by atoms with van der Waals surface area (Å²) in [6.07, 6.45) is 14.0. The topological polar surface area (TPSA) is 121 Å². The first-order valence-corrected chi connectivity index (χ1v) is 13.7. The molecule has 0 saturated carbocycles. The quantitative estimate of drug-likeness (QED) is 0.168. The first kappa shape index (κ1) is 37.4. The van der Waals surface area contributed by atoms with Crippen LogP contribution >= 0.6 is 13.4 Å². The molecule has 0 amide bonds. The molecular formula is C14H38O6P2S2Zn. The van der Waals surface area contributed by atoms with Crippen molar-refractivity contribution >= 4 is 37.1 Å². The van der Waals surface area contributed by atoms with Gasteiger partial charge in [-0.1, -0.05) is 91.9 Å². The van der Waals surface area contributed by atoms with Gasteiger partial charge in [-0.3, -0.25) is 0 Å². The monoisotopic (exact) mass is 492 g/mol. The minimum atomic E-state index is -3.81. The summed E-state index contributed by atoms with van der Waals surface area (Å²) >= 11 is 7.21. The van der Waals surface area contributed by atoms with Crippen LogP contribution in [0, 0.1) is 0 Å². The first-order valence-electron chi connectivity index (χ1n) is 8.39. The zero-order valence-corrected chi connectivity index (χ0v) is 22.6. The zero-order valence-electron chi connectivity index (χ0n) is 16.2. The van der Waals surface area contributed by atoms with Gasteiger partial charge in [0.2, 0.25) is 0 Å². The van der Waals surface area contributed by atoms with E-state index in [4.69, 9.17) is 29.4 Å². The molecule has 154 valence electrons. The molecule has 0 aliphatic carbocycles. The standard InChI is InChI=1S/2C7H16.2H3O3PS.Zn/c2*1-3-5-7-6-4-2;2*1-4(2,3)5;/h2*3-7H2,1-2H3;2*(H3,1,2,3,5);. The Kier molecular flexibility index (Phi) is 41.8. The molecular weight excluding hydrogens is 456 g/mol. The molecule has 6 N–H and O–H groups in total. The molecule has 0 spiro atoms. The Bertz CT molecular complexity index is 259. The fourth-order valence-corrected chi connectivity index (χ4v) is 1.35. The van der Waals surface area contributed by atoms with Crippen LogP contribution in [0.5, 0.6) is 0 Å². The molecule has 25 heavy (non-hydrogen) atoms. The van der Waals surface area contributed by atoms with Crippen LogP contribution in [-0.2, 0) is 43.1 Å². The van der Waals surface area contributed by atoms with Crippen molar-refractivity contribution in [2.75, 3.05) is 0 Å². The third-order valence-electron chi connectivity index (χ3n) is 2.41. The van der Waals surface area contributed by atoms with E-state index in [1.807, 2.05) is 0 Å². The van der Waals surface area contributed by atoms with E-state index in [0.717, 1.165) is 0 Å². The van der Waals surface area contributed by atoms with E-state index < -0.39 is 13.4 Å². The van der Waals surface area contributed by atoms with Gasteiger partial charge in [-0.15, -0.1) is 0 Å². The molecule has 0 heterocycles. The van der Waals surface area contributed by atoms with E-state index in [1.165, 1.54) is 64.2 Å². The summed E-state index contributed by atoms with van der Waals surface area (Å²) < 4.78 is 0. The van der Waals surface area contributed by atoms with Crippen LogP contribution in [0.1, 0.15) is 91.9 Å². The predicted molar refractivity (Wildman–Crippen MR) is 111 cm³/mol. The molecule has 0 aliphatic heterocycles.